The number of rotatable bonds is 6. The van der Waals surface area contributed by atoms with Crippen LogP contribution in [0.2, 0.25) is 0 Å². The van der Waals surface area contributed by atoms with Crippen molar-refractivity contribution >= 4 is 5.97 Å². The van der Waals surface area contributed by atoms with Gasteiger partial charge in [0, 0.05) is 0 Å². The number of esters is 1. The average Bonchev–Trinajstić information content (AvgIpc) is 2.72. The zero-order valence-corrected chi connectivity index (χ0v) is 11.9. The van der Waals surface area contributed by atoms with Crippen molar-refractivity contribution in [2.45, 2.75) is 51.2 Å². The highest BCUT2D eigenvalue weighted by atomic mass is 16.5. The number of aromatic hydroxyl groups is 3. The first-order chi connectivity index (χ1) is 9.91. The molecule has 0 radical (unpaired) electrons. The van der Waals surface area contributed by atoms with Crippen molar-refractivity contribution in [1.82, 2.24) is 0 Å². The molecule has 0 spiro atoms. The van der Waals surface area contributed by atoms with E-state index in [1.807, 2.05) is 0 Å². The lowest BCUT2D eigenvalue weighted by atomic mass is 9.98. The lowest BCUT2D eigenvalue weighted by Gasteiger charge is -2.12. The first-order valence-electron chi connectivity index (χ1n) is 7.08. The molecule has 0 fully saturated rings. The minimum Gasteiger partial charge on any atom is -0.504 e. The van der Waals surface area contributed by atoms with Gasteiger partial charge in [-0.25, -0.2) is 4.79 Å². The molecule has 1 aromatic carbocycles. The maximum absolute atomic E-state index is 11.7. The van der Waals surface area contributed by atoms with Crippen LogP contribution >= 0.6 is 0 Å². The quantitative estimate of drug-likeness (QED) is 0.364. The lowest BCUT2D eigenvalue weighted by Crippen LogP contribution is -2.01. The van der Waals surface area contributed by atoms with Crippen LogP contribution in [0.15, 0.2) is 6.07 Å². The van der Waals surface area contributed by atoms with Crippen LogP contribution in [-0.2, 0) is 4.74 Å². The highest BCUT2D eigenvalue weighted by molar-refractivity contribution is 5.96. The molecule has 4 N–H and O–H groups in total. The topological polar surface area (TPSA) is 107 Å². The standard InChI is InChI=1S/C15H20O6/c1-8(16)5-3-2-4-6-11-12-9(15(20)21-11)7-10(17)13(18)14(12)19/h7-8,11,16-19H,2-6H2,1H3/t8-,11-/m0/s1. The van der Waals surface area contributed by atoms with Gasteiger partial charge in [-0.3, -0.25) is 0 Å². The summed E-state index contributed by atoms with van der Waals surface area (Å²) in [4.78, 5) is 11.7. The van der Waals surface area contributed by atoms with Gasteiger partial charge in [0.2, 0.25) is 5.75 Å². The Bertz CT molecular complexity index is 537. The maximum atomic E-state index is 11.7. The third kappa shape index (κ3) is 3.21. The molecule has 2 rings (SSSR count). The molecular weight excluding hydrogens is 276 g/mol. The SMILES string of the molecule is C[C@H](O)CCCCC[C@@H]1OC(=O)c2cc(O)c(O)c(O)c21. The number of ether oxygens (including phenoxy) is 1. The number of cyclic esters (lactones) is 1. The Labute approximate surface area is 122 Å². The summed E-state index contributed by atoms with van der Waals surface area (Å²) in [5, 5.41) is 38.0. The Balaban J connectivity index is 2.03. The van der Waals surface area contributed by atoms with Gasteiger partial charge < -0.3 is 25.2 Å². The van der Waals surface area contributed by atoms with E-state index in [1.165, 1.54) is 0 Å². The number of phenols is 3. The molecule has 1 heterocycles. The first-order valence-corrected chi connectivity index (χ1v) is 7.08. The monoisotopic (exact) mass is 296 g/mol. The van der Waals surface area contributed by atoms with Gasteiger partial charge in [-0.15, -0.1) is 0 Å². The fourth-order valence-electron chi connectivity index (χ4n) is 2.56. The third-order valence-electron chi connectivity index (χ3n) is 3.67. The van der Waals surface area contributed by atoms with E-state index in [-0.39, 0.29) is 17.2 Å². The van der Waals surface area contributed by atoms with E-state index in [2.05, 4.69) is 0 Å². The molecule has 1 aliphatic heterocycles. The van der Waals surface area contributed by atoms with Gasteiger partial charge in [0.25, 0.3) is 0 Å². The van der Waals surface area contributed by atoms with E-state index >= 15 is 0 Å². The smallest absolute Gasteiger partial charge is 0.339 e. The normalized spacial score (nSPS) is 18.4. The molecule has 1 aromatic rings. The number of carbonyl (C=O) groups is 1. The van der Waals surface area contributed by atoms with Crippen LogP contribution in [0.25, 0.3) is 0 Å². The number of hydrogen-bond donors (Lipinski definition) is 4. The summed E-state index contributed by atoms with van der Waals surface area (Å²) in [6, 6.07) is 1.11. The van der Waals surface area contributed by atoms with Crippen LogP contribution in [0.1, 0.15) is 61.1 Å². The number of fused-ring (bicyclic) bond motifs is 1. The van der Waals surface area contributed by atoms with Crippen LogP contribution in [0.5, 0.6) is 17.2 Å². The van der Waals surface area contributed by atoms with E-state index in [0.29, 0.717) is 6.42 Å². The molecule has 6 nitrogen and oxygen atoms in total. The fourth-order valence-corrected chi connectivity index (χ4v) is 2.56. The summed E-state index contributed by atoms with van der Waals surface area (Å²) in [5.74, 6) is -2.28. The summed E-state index contributed by atoms with van der Waals surface area (Å²) in [6.45, 7) is 1.74. The van der Waals surface area contributed by atoms with Crippen molar-refractivity contribution in [3.8, 4) is 17.2 Å². The van der Waals surface area contributed by atoms with Crippen molar-refractivity contribution in [1.29, 1.82) is 0 Å². The van der Waals surface area contributed by atoms with Crippen LogP contribution in [0, 0.1) is 0 Å². The summed E-state index contributed by atoms with van der Waals surface area (Å²) in [6.07, 6.45) is 2.84. The second kappa shape index (κ2) is 6.22. The molecular formula is C15H20O6. The second-order valence-corrected chi connectivity index (χ2v) is 5.44. The van der Waals surface area contributed by atoms with Crippen LogP contribution in [0.3, 0.4) is 0 Å². The zero-order chi connectivity index (χ0) is 15.6. The van der Waals surface area contributed by atoms with Crippen molar-refractivity contribution in [2.75, 3.05) is 0 Å². The number of carbonyl (C=O) groups excluding carboxylic acids is 1. The number of unbranched alkanes of at least 4 members (excludes halogenated alkanes) is 2. The van der Waals surface area contributed by atoms with Gasteiger partial charge in [-0.05, 0) is 32.3 Å². The molecule has 0 saturated carbocycles. The summed E-state index contributed by atoms with van der Waals surface area (Å²) < 4.78 is 5.18. The molecule has 0 aromatic heterocycles. The number of hydrogen-bond acceptors (Lipinski definition) is 6. The predicted octanol–water partition coefficient (Wildman–Crippen LogP) is 2.35. The molecule has 0 unspecified atom stereocenters. The minimum absolute atomic E-state index is 0.0942. The number of benzene rings is 1. The van der Waals surface area contributed by atoms with Gasteiger partial charge in [0.05, 0.1) is 17.2 Å². The number of phenolic OH excluding ortho intramolecular Hbond substituents is 3. The molecule has 1 aliphatic rings. The van der Waals surface area contributed by atoms with Crippen molar-refractivity contribution < 1.29 is 30.0 Å². The van der Waals surface area contributed by atoms with Crippen molar-refractivity contribution in [3.63, 3.8) is 0 Å². The van der Waals surface area contributed by atoms with Gasteiger partial charge >= 0.3 is 5.97 Å². The largest absolute Gasteiger partial charge is 0.504 e. The minimum atomic E-state index is -0.633. The van der Waals surface area contributed by atoms with Crippen molar-refractivity contribution in [2.24, 2.45) is 0 Å². The van der Waals surface area contributed by atoms with E-state index in [4.69, 9.17) is 9.84 Å². The van der Waals surface area contributed by atoms with Gasteiger partial charge in [0.15, 0.2) is 11.5 Å². The molecule has 0 aliphatic carbocycles. The van der Waals surface area contributed by atoms with Crippen LogP contribution < -0.4 is 0 Å². The molecule has 6 heteroatoms. The van der Waals surface area contributed by atoms with E-state index in [1.54, 1.807) is 6.92 Å². The average molecular weight is 296 g/mol. The Morgan fingerprint density at radius 2 is 1.90 bits per heavy atom. The zero-order valence-electron chi connectivity index (χ0n) is 11.9. The fraction of sp³-hybridized carbons (Fsp3) is 0.533. The Kier molecular flexibility index (Phi) is 4.57. The van der Waals surface area contributed by atoms with Gasteiger partial charge in [-0.1, -0.05) is 12.8 Å². The second-order valence-electron chi connectivity index (χ2n) is 5.44. The Morgan fingerprint density at radius 3 is 2.57 bits per heavy atom. The molecule has 0 bridgehead atoms. The first kappa shape index (κ1) is 15.4. The van der Waals surface area contributed by atoms with Gasteiger partial charge in [0.1, 0.15) is 6.10 Å². The molecule has 0 saturated heterocycles. The molecule has 0 amide bonds. The Hall–Kier alpha value is -1.95. The number of aliphatic hydroxyl groups excluding tert-OH is 1. The number of aliphatic hydroxyl groups is 1. The lowest BCUT2D eigenvalue weighted by molar-refractivity contribution is 0.0360. The predicted molar refractivity (Wildman–Crippen MR) is 74.4 cm³/mol. The highest BCUT2D eigenvalue weighted by Crippen LogP contribution is 2.48. The summed E-state index contributed by atoms with van der Waals surface area (Å²) in [5.41, 5.74) is 0.336. The molecule has 2 atom stereocenters. The maximum Gasteiger partial charge on any atom is 0.339 e. The molecule has 116 valence electrons. The summed E-state index contributed by atoms with van der Waals surface area (Å²) >= 11 is 0. The van der Waals surface area contributed by atoms with E-state index < -0.39 is 29.3 Å². The molecule has 21 heavy (non-hydrogen) atoms. The third-order valence-corrected chi connectivity index (χ3v) is 3.67. The van der Waals surface area contributed by atoms with E-state index in [0.717, 1.165) is 31.7 Å². The van der Waals surface area contributed by atoms with Crippen LogP contribution in [0.4, 0.5) is 0 Å². The van der Waals surface area contributed by atoms with Gasteiger partial charge in [-0.2, -0.15) is 0 Å². The summed E-state index contributed by atoms with van der Waals surface area (Å²) in [7, 11) is 0. The highest BCUT2D eigenvalue weighted by Gasteiger charge is 2.36. The van der Waals surface area contributed by atoms with E-state index in [9.17, 15) is 20.1 Å². The van der Waals surface area contributed by atoms with Crippen molar-refractivity contribution in [3.05, 3.63) is 17.2 Å². The Morgan fingerprint density at radius 1 is 1.19 bits per heavy atom. The van der Waals surface area contributed by atoms with Crippen LogP contribution in [-0.4, -0.2) is 32.5 Å².